The fraction of sp³-hybridized carbons (Fsp3) is 0.529. The second kappa shape index (κ2) is 7.00. The Morgan fingerprint density at radius 2 is 1.96 bits per heavy atom. The molecule has 0 aliphatic carbocycles. The molecule has 1 heterocycles. The summed E-state index contributed by atoms with van der Waals surface area (Å²) in [6.45, 7) is 6.80. The van der Waals surface area contributed by atoms with Crippen molar-refractivity contribution in [1.82, 2.24) is 10.2 Å². The molecule has 1 aliphatic heterocycles. The molecule has 6 heteroatoms. The molecule has 1 aromatic carbocycles. The van der Waals surface area contributed by atoms with Gasteiger partial charge in [0.15, 0.2) is 0 Å². The largest absolute Gasteiger partial charge is 0.481 e. The van der Waals surface area contributed by atoms with Gasteiger partial charge in [-0.25, -0.2) is 4.79 Å². The van der Waals surface area contributed by atoms with Gasteiger partial charge >= 0.3 is 12.1 Å². The molecule has 1 fully saturated rings. The van der Waals surface area contributed by atoms with Crippen LogP contribution in [0.25, 0.3) is 0 Å². The molecule has 0 aromatic heterocycles. The first kappa shape index (κ1) is 17.3. The molecule has 1 aliphatic rings. The Morgan fingerprint density at radius 3 is 2.52 bits per heavy atom. The summed E-state index contributed by atoms with van der Waals surface area (Å²) in [6, 6.07) is 8.74. The highest BCUT2D eigenvalue weighted by molar-refractivity contribution is 5.77. The number of nitrogens with one attached hydrogen (secondary N) is 1. The first-order valence-corrected chi connectivity index (χ1v) is 7.77. The minimum Gasteiger partial charge on any atom is -0.481 e. The van der Waals surface area contributed by atoms with Gasteiger partial charge in [0.1, 0.15) is 5.60 Å². The van der Waals surface area contributed by atoms with Crippen LogP contribution in [0.4, 0.5) is 4.79 Å². The predicted octanol–water partition coefficient (Wildman–Crippen LogP) is 2.06. The van der Waals surface area contributed by atoms with Crippen LogP contribution in [0.5, 0.6) is 0 Å². The second-order valence-corrected chi connectivity index (χ2v) is 6.71. The van der Waals surface area contributed by atoms with E-state index in [9.17, 15) is 14.7 Å². The van der Waals surface area contributed by atoms with Gasteiger partial charge in [-0.05, 0) is 26.3 Å². The van der Waals surface area contributed by atoms with E-state index in [-0.39, 0.29) is 6.04 Å². The topological polar surface area (TPSA) is 78.9 Å². The molecule has 0 radical (unpaired) electrons. The molecule has 2 atom stereocenters. The van der Waals surface area contributed by atoms with E-state index in [1.54, 1.807) is 17.0 Å². The summed E-state index contributed by atoms with van der Waals surface area (Å²) in [5.74, 6) is -1.61. The predicted molar refractivity (Wildman–Crippen MR) is 86.4 cm³/mol. The van der Waals surface area contributed by atoms with Crippen LogP contribution in [0, 0.1) is 0 Å². The van der Waals surface area contributed by atoms with Crippen molar-refractivity contribution in [3.63, 3.8) is 0 Å². The van der Waals surface area contributed by atoms with Gasteiger partial charge in [0.2, 0.25) is 0 Å². The van der Waals surface area contributed by atoms with E-state index in [4.69, 9.17) is 4.74 Å². The lowest BCUT2D eigenvalue weighted by Gasteiger charge is -2.37. The number of carbonyl (C=O) groups is 2. The molecular formula is C17H24N2O4. The average molecular weight is 320 g/mol. The normalized spacial score (nSPS) is 20.0. The van der Waals surface area contributed by atoms with Gasteiger partial charge in [0.05, 0.1) is 5.92 Å². The summed E-state index contributed by atoms with van der Waals surface area (Å²) in [4.78, 5) is 25.5. The minimum atomic E-state index is -0.903. The maximum atomic E-state index is 12.2. The molecule has 1 saturated heterocycles. The van der Waals surface area contributed by atoms with Crippen LogP contribution in [0.3, 0.4) is 0 Å². The first-order valence-electron chi connectivity index (χ1n) is 7.77. The van der Waals surface area contributed by atoms with Gasteiger partial charge in [0.25, 0.3) is 0 Å². The van der Waals surface area contributed by atoms with Crippen molar-refractivity contribution in [1.29, 1.82) is 0 Å². The molecule has 0 saturated carbocycles. The molecular weight excluding hydrogens is 296 g/mol. The number of hydrogen-bond acceptors (Lipinski definition) is 4. The first-order chi connectivity index (χ1) is 10.8. The Labute approximate surface area is 136 Å². The van der Waals surface area contributed by atoms with Crippen LogP contribution >= 0.6 is 0 Å². The Hall–Kier alpha value is -2.08. The van der Waals surface area contributed by atoms with Crippen molar-refractivity contribution in [3.05, 3.63) is 35.9 Å². The number of hydrogen-bond donors (Lipinski definition) is 2. The second-order valence-electron chi connectivity index (χ2n) is 6.71. The molecule has 1 aromatic rings. The fourth-order valence-electron chi connectivity index (χ4n) is 2.70. The van der Waals surface area contributed by atoms with Crippen LogP contribution in [-0.2, 0) is 9.53 Å². The van der Waals surface area contributed by atoms with Crippen molar-refractivity contribution >= 4 is 12.1 Å². The molecule has 0 spiro atoms. The van der Waals surface area contributed by atoms with Crippen LogP contribution in [0.15, 0.2) is 30.3 Å². The summed E-state index contributed by atoms with van der Waals surface area (Å²) >= 11 is 0. The Kier molecular flexibility index (Phi) is 5.26. The zero-order valence-electron chi connectivity index (χ0n) is 13.8. The summed E-state index contributed by atoms with van der Waals surface area (Å²) in [7, 11) is 0. The molecule has 2 unspecified atom stereocenters. The third kappa shape index (κ3) is 4.69. The smallest absolute Gasteiger partial charge is 0.410 e. The average Bonchev–Trinajstić information content (AvgIpc) is 2.47. The van der Waals surface area contributed by atoms with Crippen molar-refractivity contribution in [2.24, 2.45) is 0 Å². The molecule has 0 bridgehead atoms. The fourth-order valence-corrected chi connectivity index (χ4v) is 2.70. The summed E-state index contributed by atoms with van der Waals surface area (Å²) < 4.78 is 5.38. The van der Waals surface area contributed by atoms with E-state index >= 15 is 0 Å². The quantitative estimate of drug-likeness (QED) is 0.891. The highest BCUT2D eigenvalue weighted by Crippen LogP contribution is 2.23. The number of carboxylic acid groups (broad SMARTS) is 1. The molecule has 126 valence electrons. The Bertz CT molecular complexity index is 553. The Balaban J connectivity index is 2.12. The number of carboxylic acids is 1. The minimum absolute atomic E-state index is 0.306. The third-order valence-corrected chi connectivity index (χ3v) is 3.68. The SMILES string of the molecule is CC(C)(C)OC(=O)N1CCNC(C(C(=O)O)c2ccccc2)C1. The highest BCUT2D eigenvalue weighted by atomic mass is 16.6. The van der Waals surface area contributed by atoms with Gasteiger partial charge in [0, 0.05) is 25.7 Å². The Morgan fingerprint density at radius 1 is 1.30 bits per heavy atom. The zero-order chi connectivity index (χ0) is 17.0. The molecule has 2 N–H and O–H groups in total. The highest BCUT2D eigenvalue weighted by Gasteiger charge is 2.35. The standard InChI is InChI=1S/C17H24N2O4/c1-17(2,3)23-16(22)19-10-9-18-13(11-19)14(15(20)21)12-7-5-4-6-8-12/h4-8,13-14,18H,9-11H2,1-3H3,(H,20,21). The van der Waals surface area contributed by atoms with Crippen LogP contribution < -0.4 is 5.32 Å². The van der Waals surface area contributed by atoms with Gasteiger partial charge in [-0.1, -0.05) is 30.3 Å². The van der Waals surface area contributed by atoms with Crippen molar-refractivity contribution in [2.45, 2.75) is 38.3 Å². The maximum absolute atomic E-state index is 12.2. The third-order valence-electron chi connectivity index (χ3n) is 3.68. The number of carbonyl (C=O) groups excluding carboxylic acids is 1. The molecule has 2 rings (SSSR count). The summed E-state index contributed by atoms with van der Waals surface area (Å²) in [5.41, 5.74) is 0.159. The van der Waals surface area contributed by atoms with Gasteiger partial charge in [-0.15, -0.1) is 0 Å². The van der Waals surface area contributed by atoms with E-state index in [1.807, 2.05) is 39.0 Å². The van der Waals surface area contributed by atoms with Crippen LogP contribution in [0.2, 0.25) is 0 Å². The van der Waals surface area contributed by atoms with E-state index in [0.717, 1.165) is 5.56 Å². The molecule has 23 heavy (non-hydrogen) atoms. The van der Waals surface area contributed by atoms with Crippen LogP contribution in [-0.4, -0.2) is 53.3 Å². The molecule has 1 amide bonds. The van der Waals surface area contributed by atoms with Crippen molar-refractivity contribution in [3.8, 4) is 0 Å². The maximum Gasteiger partial charge on any atom is 0.410 e. The molecule has 6 nitrogen and oxygen atoms in total. The lowest BCUT2D eigenvalue weighted by atomic mass is 9.90. The zero-order valence-corrected chi connectivity index (χ0v) is 13.8. The number of rotatable bonds is 3. The summed E-state index contributed by atoms with van der Waals surface area (Å²) in [5, 5.41) is 12.8. The number of nitrogens with zero attached hydrogens (tertiary/aromatic N) is 1. The number of aliphatic carboxylic acids is 1. The van der Waals surface area contributed by atoms with Crippen molar-refractivity contribution in [2.75, 3.05) is 19.6 Å². The van der Waals surface area contributed by atoms with Gasteiger partial charge in [-0.3, -0.25) is 4.79 Å². The number of amides is 1. The van der Waals surface area contributed by atoms with Gasteiger partial charge < -0.3 is 20.1 Å². The van der Waals surface area contributed by atoms with Gasteiger partial charge in [-0.2, -0.15) is 0 Å². The number of ether oxygens (including phenoxy) is 1. The van der Waals surface area contributed by atoms with E-state index < -0.39 is 23.6 Å². The monoisotopic (exact) mass is 320 g/mol. The lowest BCUT2D eigenvalue weighted by molar-refractivity contribution is -0.140. The lowest BCUT2D eigenvalue weighted by Crippen LogP contribution is -2.56. The van der Waals surface area contributed by atoms with Crippen molar-refractivity contribution < 1.29 is 19.4 Å². The summed E-state index contributed by atoms with van der Waals surface area (Å²) in [6.07, 6.45) is -0.402. The van der Waals surface area contributed by atoms with E-state index in [2.05, 4.69) is 5.32 Å². The van der Waals surface area contributed by atoms with E-state index in [1.165, 1.54) is 0 Å². The number of piperazine rings is 1. The number of benzene rings is 1. The van der Waals surface area contributed by atoms with E-state index in [0.29, 0.717) is 19.6 Å². The van der Waals surface area contributed by atoms with Crippen LogP contribution in [0.1, 0.15) is 32.3 Å².